The van der Waals surface area contributed by atoms with Gasteiger partial charge in [0.15, 0.2) is 12.1 Å². The summed E-state index contributed by atoms with van der Waals surface area (Å²) < 4.78 is 18.8. The first-order chi connectivity index (χ1) is 20.0. The third-order valence-electron chi connectivity index (χ3n) is 12.8. The molecule has 234 valence electrons. The van der Waals surface area contributed by atoms with Crippen molar-refractivity contribution >= 4 is 5.78 Å². The van der Waals surface area contributed by atoms with Crippen LogP contribution >= 0.6 is 0 Å². The van der Waals surface area contributed by atoms with Crippen molar-refractivity contribution in [3.05, 3.63) is 22.8 Å². The summed E-state index contributed by atoms with van der Waals surface area (Å²) in [6.45, 7) is 9.60. The van der Waals surface area contributed by atoms with Gasteiger partial charge in [0, 0.05) is 23.5 Å². The maximum atomic E-state index is 14.5. The molecule has 3 heterocycles. The summed E-state index contributed by atoms with van der Waals surface area (Å²) in [6.07, 6.45) is 1.93. The van der Waals surface area contributed by atoms with Gasteiger partial charge in [-0.15, -0.1) is 0 Å². The molecule has 0 aromatic rings. The van der Waals surface area contributed by atoms with E-state index in [1.807, 2.05) is 0 Å². The first-order valence-electron chi connectivity index (χ1n) is 16.3. The zero-order valence-electron chi connectivity index (χ0n) is 25.4. The molecule has 1 spiro atoms. The van der Waals surface area contributed by atoms with Crippen LogP contribution in [0, 0.1) is 35.0 Å². The lowest BCUT2D eigenvalue weighted by atomic mass is 9.56. The van der Waals surface area contributed by atoms with E-state index in [1.54, 1.807) is 0 Å². The fraction of sp³-hybridized carbons (Fsp3) is 0.848. The number of hydrogen-bond donors (Lipinski definition) is 5. The molecule has 9 nitrogen and oxygen atoms in total. The number of piperidine rings is 1. The molecule has 0 aromatic carbocycles. The molecule has 7 aliphatic rings. The maximum Gasteiger partial charge on any atom is 0.186 e. The maximum absolute atomic E-state index is 14.5. The third-order valence-corrected chi connectivity index (χ3v) is 12.8. The molecule has 9 heteroatoms. The van der Waals surface area contributed by atoms with Crippen LogP contribution in [0.2, 0.25) is 0 Å². The SMILES string of the molecule is CC1=C2C(=O)[C@H]3[C@H](CC=C4C[C@H](O[C@H]5O[C@H](CO)[C@@H](O)[C@H](O)[C@H]5O)CC[C@@]43C)[C@@H]2CC[C@]12O[C@@H]1C[C@H](C)CN[C@H]1[C@H]2C. The van der Waals surface area contributed by atoms with Gasteiger partial charge in [-0.1, -0.05) is 32.4 Å². The topological polar surface area (TPSA) is 138 Å². The second kappa shape index (κ2) is 10.4. The molecule has 5 fully saturated rings. The van der Waals surface area contributed by atoms with Crippen LogP contribution in [-0.2, 0) is 19.0 Å². The minimum absolute atomic E-state index is 0.0482. The average Bonchev–Trinajstić information content (AvgIpc) is 3.42. The zero-order valence-corrected chi connectivity index (χ0v) is 25.4. The van der Waals surface area contributed by atoms with Gasteiger partial charge in [-0.3, -0.25) is 4.79 Å². The highest BCUT2D eigenvalue weighted by molar-refractivity contribution is 6.02. The number of aliphatic hydroxyl groups excluding tert-OH is 4. The molecule has 0 bridgehead atoms. The van der Waals surface area contributed by atoms with Crippen LogP contribution < -0.4 is 5.32 Å². The number of carbonyl (C=O) groups excluding carboxylic acids is 1. The van der Waals surface area contributed by atoms with Gasteiger partial charge >= 0.3 is 0 Å². The van der Waals surface area contributed by atoms with E-state index in [4.69, 9.17) is 14.2 Å². The van der Waals surface area contributed by atoms with Crippen molar-refractivity contribution in [1.29, 1.82) is 0 Å². The van der Waals surface area contributed by atoms with Crippen LogP contribution in [0.5, 0.6) is 0 Å². The predicted octanol–water partition coefficient (Wildman–Crippen LogP) is 2.01. The van der Waals surface area contributed by atoms with Gasteiger partial charge < -0.3 is 40.0 Å². The molecule has 0 amide bonds. The Morgan fingerprint density at radius 3 is 2.67 bits per heavy atom. The Hall–Kier alpha value is -1.17. The number of hydrogen-bond acceptors (Lipinski definition) is 9. The number of fused-ring (bicyclic) bond motifs is 6. The molecule has 4 aliphatic carbocycles. The third kappa shape index (κ3) is 4.14. The summed E-state index contributed by atoms with van der Waals surface area (Å²) in [5.74, 6) is 1.81. The number of allylic oxidation sites excluding steroid dienone is 2. The summed E-state index contributed by atoms with van der Waals surface area (Å²) in [5.41, 5.74) is 2.89. The number of aliphatic hydroxyl groups is 4. The lowest BCUT2D eigenvalue weighted by molar-refractivity contribution is -0.312. The van der Waals surface area contributed by atoms with Gasteiger partial charge in [0.05, 0.1) is 24.4 Å². The Morgan fingerprint density at radius 2 is 1.90 bits per heavy atom. The van der Waals surface area contributed by atoms with E-state index >= 15 is 0 Å². The average molecular weight is 588 g/mol. The number of nitrogens with one attached hydrogen (secondary N) is 1. The summed E-state index contributed by atoms with van der Waals surface area (Å²) in [6, 6.07) is 0.344. The molecule has 15 atom stereocenters. The first kappa shape index (κ1) is 29.5. The van der Waals surface area contributed by atoms with Crippen molar-refractivity contribution in [3.63, 3.8) is 0 Å². The van der Waals surface area contributed by atoms with Crippen LogP contribution in [0.25, 0.3) is 0 Å². The summed E-state index contributed by atoms with van der Waals surface area (Å²) in [7, 11) is 0. The Morgan fingerprint density at radius 1 is 1.12 bits per heavy atom. The highest BCUT2D eigenvalue weighted by atomic mass is 16.7. The van der Waals surface area contributed by atoms with E-state index in [0.29, 0.717) is 42.4 Å². The fourth-order valence-corrected chi connectivity index (χ4v) is 10.4. The minimum Gasteiger partial charge on any atom is -0.394 e. The fourth-order valence-electron chi connectivity index (χ4n) is 10.4. The van der Waals surface area contributed by atoms with Crippen molar-refractivity contribution in [2.45, 2.75) is 127 Å². The Labute approximate surface area is 248 Å². The number of Topliss-reactive ketones (excluding diaryl/α,β-unsaturated/α-hetero) is 1. The van der Waals surface area contributed by atoms with Gasteiger partial charge in [-0.05, 0) is 87.2 Å². The normalized spacial score (nSPS) is 53.9. The van der Waals surface area contributed by atoms with Crippen LogP contribution in [0.4, 0.5) is 0 Å². The van der Waals surface area contributed by atoms with Gasteiger partial charge in [0.2, 0.25) is 0 Å². The number of rotatable bonds is 3. The highest BCUT2D eigenvalue weighted by Gasteiger charge is 2.63. The zero-order chi connectivity index (χ0) is 29.7. The van der Waals surface area contributed by atoms with Crippen LogP contribution in [0.1, 0.15) is 72.6 Å². The smallest absolute Gasteiger partial charge is 0.186 e. The van der Waals surface area contributed by atoms with Crippen molar-refractivity contribution in [2.24, 2.45) is 35.0 Å². The van der Waals surface area contributed by atoms with E-state index in [1.165, 1.54) is 11.1 Å². The molecule has 0 radical (unpaired) electrons. The van der Waals surface area contributed by atoms with Crippen LogP contribution in [0.3, 0.4) is 0 Å². The van der Waals surface area contributed by atoms with Crippen molar-refractivity contribution in [2.75, 3.05) is 13.2 Å². The number of carbonyl (C=O) groups is 1. The molecular weight excluding hydrogens is 538 g/mol. The summed E-state index contributed by atoms with van der Waals surface area (Å²) in [4.78, 5) is 14.5. The molecule has 42 heavy (non-hydrogen) atoms. The highest BCUT2D eigenvalue weighted by Crippen LogP contribution is 2.64. The quantitative estimate of drug-likeness (QED) is 0.314. The molecule has 3 aliphatic heterocycles. The first-order valence-corrected chi connectivity index (χ1v) is 16.3. The Bertz CT molecular complexity index is 1170. The number of ether oxygens (including phenoxy) is 3. The second-order valence-corrected chi connectivity index (χ2v) is 14.9. The molecule has 2 saturated carbocycles. The summed E-state index contributed by atoms with van der Waals surface area (Å²) in [5, 5.41) is 44.2. The molecule has 3 saturated heterocycles. The van der Waals surface area contributed by atoms with E-state index in [0.717, 1.165) is 44.2 Å². The molecule has 5 N–H and O–H groups in total. The van der Waals surface area contributed by atoms with Crippen molar-refractivity contribution < 1.29 is 39.4 Å². The van der Waals surface area contributed by atoms with E-state index in [9.17, 15) is 25.2 Å². The van der Waals surface area contributed by atoms with Gasteiger partial charge in [-0.25, -0.2) is 0 Å². The Kier molecular flexibility index (Phi) is 7.34. The lowest BCUT2D eigenvalue weighted by Crippen LogP contribution is -2.60. The predicted molar refractivity (Wildman–Crippen MR) is 153 cm³/mol. The van der Waals surface area contributed by atoms with Crippen molar-refractivity contribution in [1.82, 2.24) is 5.32 Å². The van der Waals surface area contributed by atoms with E-state index in [2.05, 4.69) is 39.1 Å². The molecule has 0 aromatic heterocycles. The molecular formula is C33H49NO8. The van der Waals surface area contributed by atoms with Crippen LogP contribution in [0.15, 0.2) is 22.8 Å². The minimum atomic E-state index is -1.46. The lowest BCUT2D eigenvalue weighted by Gasteiger charge is -2.49. The van der Waals surface area contributed by atoms with Gasteiger partial charge in [0.1, 0.15) is 24.4 Å². The number of ketones is 1. The van der Waals surface area contributed by atoms with E-state index in [-0.39, 0.29) is 35.1 Å². The van der Waals surface area contributed by atoms with Crippen LogP contribution in [-0.4, -0.2) is 93.9 Å². The molecule has 7 rings (SSSR count). The monoisotopic (exact) mass is 587 g/mol. The van der Waals surface area contributed by atoms with Gasteiger partial charge in [0.25, 0.3) is 0 Å². The van der Waals surface area contributed by atoms with Crippen molar-refractivity contribution in [3.8, 4) is 0 Å². The molecule has 0 unspecified atom stereocenters. The Balaban J connectivity index is 1.11. The standard InChI is InChI=1S/C33H49NO8/c1-15-11-22-26(34-13-15)17(3)33(42-22)10-8-20-21-6-5-18-12-19(40-31-30(39)29(38)27(36)23(14-35)41-31)7-9-32(18,4)25(21)28(37)24(20)16(33)2/h5,15,17,19-23,25-27,29-31,34-36,38-39H,6-14H2,1-4H3/t15-,17+,19+,20-,21+,22+,23+,25+,26-,27+,29-,30+,31-,32-,33-/m0/s1. The summed E-state index contributed by atoms with van der Waals surface area (Å²) >= 11 is 0. The van der Waals surface area contributed by atoms with Gasteiger partial charge in [-0.2, -0.15) is 0 Å². The second-order valence-electron chi connectivity index (χ2n) is 14.9. The largest absolute Gasteiger partial charge is 0.394 e. The van der Waals surface area contributed by atoms with E-state index < -0.39 is 37.3 Å².